The second-order valence-corrected chi connectivity index (χ2v) is 6.09. The molecule has 3 rings (SSSR count). The van der Waals surface area contributed by atoms with Gasteiger partial charge in [0.1, 0.15) is 5.56 Å². The van der Waals surface area contributed by atoms with E-state index in [1.165, 1.54) is 4.57 Å². The number of halogens is 3. The van der Waals surface area contributed by atoms with E-state index in [-0.39, 0.29) is 18.7 Å². The molecule has 4 nitrogen and oxygen atoms in total. The lowest BCUT2D eigenvalue weighted by Gasteiger charge is -2.15. The number of rotatable bonds is 4. The molecule has 0 saturated heterocycles. The van der Waals surface area contributed by atoms with Crippen LogP contribution in [0.5, 0.6) is 0 Å². The maximum absolute atomic E-state index is 14.5. The fourth-order valence-electron chi connectivity index (χ4n) is 2.83. The molecular formula is C20H16F3NO3. The molecule has 1 aromatic heterocycles. The number of hydrogen-bond donors (Lipinski definition) is 0. The second kappa shape index (κ2) is 7.26. The maximum atomic E-state index is 14.5. The molecule has 1 heterocycles. The van der Waals surface area contributed by atoms with Crippen molar-refractivity contribution >= 4 is 16.9 Å². The van der Waals surface area contributed by atoms with E-state index in [0.29, 0.717) is 6.07 Å². The van der Waals surface area contributed by atoms with Gasteiger partial charge in [0.15, 0.2) is 17.5 Å². The van der Waals surface area contributed by atoms with Gasteiger partial charge in [0, 0.05) is 12.7 Å². The standard InChI is InChI=1S/C20H16F3NO3/c1-3-27-20(26)14-10-24(9-12-6-4-11(2)5-7-12)18-13(19(14)25)8-15(21)16(22)17(18)23/h4-8,10H,3,9H2,1-2H3. The average molecular weight is 375 g/mol. The fourth-order valence-corrected chi connectivity index (χ4v) is 2.83. The molecule has 0 amide bonds. The summed E-state index contributed by atoms with van der Waals surface area (Å²) >= 11 is 0. The first kappa shape index (κ1) is 18.7. The summed E-state index contributed by atoms with van der Waals surface area (Å²) in [7, 11) is 0. The van der Waals surface area contributed by atoms with Crippen molar-refractivity contribution in [1.29, 1.82) is 0 Å². The summed E-state index contributed by atoms with van der Waals surface area (Å²) in [6.45, 7) is 3.54. The van der Waals surface area contributed by atoms with Crippen LogP contribution in [0.4, 0.5) is 13.2 Å². The number of fused-ring (bicyclic) bond motifs is 1. The molecular weight excluding hydrogens is 359 g/mol. The maximum Gasteiger partial charge on any atom is 0.343 e. The number of esters is 1. The number of nitrogens with zero attached hydrogens (tertiary/aromatic N) is 1. The van der Waals surface area contributed by atoms with Crippen LogP contribution in [0.25, 0.3) is 10.9 Å². The molecule has 0 fully saturated rings. The smallest absolute Gasteiger partial charge is 0.343 e. The SMILES string of the molecule is CCOC(=O)c1cn(Cc2ccc(C)cc2)c2c(F)c(F)c(F)cc2c1=O. The Labute approximate surface area is 152 Å². The minimum absolute atomic E-state index is 0.0282. The van der Waals surface area contributed by atoms with E-state index in [4.69, 9.17) is 4.74 Å². The predicted octanol–water partition coefficient (Wildman–Crippen LogP) is 3.95. The highest BCUT2D eigenvalue weighted by Crippen LogP contribution is 2.23. The summed E-state index contributed by atoms with van der Waals surface area (Å²) in [6.07, 6.45) is 1.11. The van der Waals surface area contributed by atoms with Crippen molar-refractivity contribution in [2.75, 3.05) is 6.61 Å². The number of aromatic nitrogens is 1. The van der Waals surface area contributed by atoms with Gasteiger partial charge in [0.05, 0.1) is 17.5 Å². The molecule has 0 saturated carbocycles. The normalized spacial score (nSPS) is 11.0. The zero-order valence-electron chi connectivity index (χ0n) is 14.7. The van der Waals surface area contributed by atoms with Gasteiger partial charge in [0.2, 0.25) is 5.43 Å². The summed E-state index contributed by atoms with van der Waals surface area (Å²) in [6, 6.07) is 7.83. The van der Waals surface area contributed by atoms with Crippen molar-refractivity contribution in [1.82, 2.24) is 4.57 Å². The molecule has 0 aliphatic heterocycles. The number of carbonyl (C=O) groups is 1. The van der Waals surface area contributed by atoms with Crippen LogP contribution in [0.1, 0.15) is 28.4 Å². The average Bonchev–Trinajstić information content (AvgIpc) is 2.64. The molecule has 0 unspecified atom stereocenters. The summed E-state index contributed by atoms with van der Waals surface area (Å²) in [5.41, 5.74) is 0.0373. The monoisotopic (exact) mass is 375 g/mol. The Hall–Kier alpha value is -3.09. The van der Waals surface area contributed by atoms with Crippen molar-refractivity contribution in [3.8, 4) is 0 Å². The number of carbonyl (C=O) groups excluding carboxylic acids is 1. The molecule has 0 N–H and O–H groups in total. The van der Waals surface area contributed by atoms with Gasteiger partial charge >= 0.3 is 5.97 Å². The molecule has 27 heavy (non-hydrogen) atoms. The lowest BCUT2D eigenvalue weighted by atomic mass is 10.1. The third-order valence-electron chi connectivity index (χ3n) is 4.17. The molecule has 7 heteroatoms. The third kappa shape index (κ3) is 3.45. The van der Waals surface area contributed by atoms with E-state index in [0.717, 1.165) is 17.3 Å². The van der Waals surface area contributed by atoms with Crippen LogP contribution in [0.3, 0.4) is 0 Å². The van der Waals surface area contributed by atoms with Gasteiger partial charge in [-0.15, -0.1) is 0 Å². The number of benzene rings is 2. The van der Waals surface area contributed by atoms with Crippen LogP contribution in [0, 0.1) is 24.4 Å². The first-order chi connectivity index (χ1) is 12.8. The largest absolute Gasteiger partial charge is 0.462 e. The highest BCUT2D eigenvalue weighted by atomic mass is 19.2. The first-order valence-electron chi connectivity index (χ1n) is 8.26. The third-order valence-corrected chi connectivity index (χ3v) is 4.17. The van der Waals surface area contributed by atoms with Crippen LogP contribution >= 0.6 is 0 Å². The number of pyridine rings is 1. The summed E-state index contributed by atoms with van der Waals surface area (Å²) in [5, 5.41) is -0.427. The molecule has 3 aromatic rings. The van der Waals surface area contributed by atoms with Gasteiger partial charge in [-0.05, 0) is 25.5 Å². The van der Waals surface area contributed by atoms with Crippen LogP contribution < -0.4 is 5.43 Å². The van der Waals surface area contributed by atoms with E-state index in [1.54, 1.807) is 19.1 Å². The number of hydrogen-bond acceptors (Lipinski definition) is 3. The van der Waals surface area contributed by atoms with E-state index in [9.17, 15) is 22.8 Å². The van der Waals surface area contributed by atoms with E-state index >= 15 is 0 Å². The molecule has 2 aromatic carbocycles. The topological polar surface area (TPSA) is 48.3 Å². The Bertz CT molecular complexity index is 1090. The Morgan fingerprint density at radius 3 is 2.41 bits per heavy atom. The fraction of sp³-hybridized carbons (Fsp3) is 0.200. The van der Waals surface area contributed by atoms with Crippen LogP contribution in [0.15, 0.2) is 41.3 Å². The van der Waals surface area contributed by atoms with E-state index in [2.05, 4.69) is 0 Å². The van der Waals surface area contributed by atoms with Gasteiger partial charge in [-0.1, -0.05) is 29.8 Å². The van der Waals surface area contributed by atoms with Gasteiger partial charge in [0.25, 0.3) is 0 Å². The molecule has 0 spiro atoms. The Kier molecular flexibility index (Phi) is 5.03. The van der Waals surface area contributed by atoms with Crippen molar-refractivity contribution in [2.45, 2.75) is 20.4 Å². The summed E-state index contributed by atoms with van der Waals surface area (Å²) in [4.78, 5) is 24.6. The highest BCUT2D eigenvalue weighted by molar-refractivity contribution is 5.94. The predicted molar refractivity (Wildman–Crippen MR) is 94.3 cm³/mol. The van der Waals surface area contributed by atoms with Gasteiger partial charge < -0.3 is 9.30 Å². The zero-order chi connectivity index (χ0) is 19.7. The molecule has 0 bridgehead atoms. The summed E-state index contributed by atoms with van der Waals surface area (Å²) < 4.78 is 48.0. The minimum atomic E-state index is -1.68. The Morgan fingerprint density at radius 1 is 1.11 bits per heavy atom. The lowest BCUT2D eigenvalue weighted by molar-refractivity contribution is 0.0524. The summed E-state index contributed by atoms with van der Waals surface area (Å²) in [5.74, 6) is -5.57. The zero-order valence-corrected chi connectivity index (χ0v) is 14.7. The van der Waals surface area contributed by atoms with Crippen molar-refractivity contribution in [3.05, 3.63) is 80.9 Å². The molecule has 0 atom stereocenters. The molecule has 140 valence electrons. The number of ether oxygens (including phenoxy) is 1. The first-order valence-corrected chi connectivity index (χ1v) is 8.26. The highest BCUT2D eigenvalue weighted by Gasteiger charge is 2.23. The van der Waals surface area contributed by atoms with Crippen molar-refractivity contribution in [3.63, 3.8) is 0 Å². The van der Waals surface area contributed by atoms with Crippen LogP contribution in [-0.2, 0) is 11.3 Å². The van der Waals surface area contributed by atoms with Crippen molar-refractivity contribution < 1.29 is 22.7 Å². The Balaban J connectivity index is 2.30. The quantitative estimate of drug-likeness (QED) is 0.512. The number of aryl methyl sites for hydroxylation is 1. The van der Waals surface area contributed by atoms with E-state index in [1.807, 2.05) is 19.1 Å². The lowest BCUT2D eigenvalue weighted by Crippen LogP contribution is -2.22. The van der Waals surface area contributed by atoms with Crippen LogP contribution in [-0.4, -0.2) is 17.1 Å². The Morgan fingerprint density at radius 2 is 1.78 bits per heavy atom. The molecule has 0 aliphatic carbocycles. The second-order valence-electron chi connectivity index (χ2n) is 6.09. The minimum Gasteiger partial charge on any atom is -0.462 e. The van der Waals surface area contributed by atoms with Gasteiger partial charge in [-0.25, -0.2) is 18.0 Å². The molecule has 0 aliphatic rings. The van der Waals surface area contributed by atoms with Crippen LogP contribution in [0.2, 0.25) is 0 Å². The van der Waals surface area contributed by atoms with Crippen molar-refractivity contribution in [2.24, 2.45) is 0 Å². The van der Waals surface area contributed by atoms with E-state index < -0.39 is 39.8 Å². The molecule has 0 radical (unpaired) electrons. The van der Waals surface area contributed by atoms with Gasteiger partial charge in [-0.3, -0.25) is 4.79 Å². The van der Waals surface area contributed by atoms with Gasteiger partial charge in [-0.2, -0.15) is 0 Å².